The van der Waals surface area contributed by atoms with Crippen LogP contribution in [0.4, 0.5) is 0 Å². The van der Waals surface area contributed by atoms with E-state index in [9.17, 15) is 4.79 Å². The van der Waals surface area contributed by atoms with Gasteiger partial charge in [0.2, 0.25) is 5.75 Å². The summed E-state index contributed by atoms with van der Waals surface area (Å²) in [5, 5.41) is 8.92. The summed E-state index contributed by atoms with van der Waals surface area (Å²) in [7, 11) is 4.27. The van der Waals surface area contributed by atoms with Crippen molar-refractivity contribution >= 4 is 10.9 Å². The summed E-state index contributed by atoms with van der Waals surface area (Å²) in [5.41, 5.74) is -0.506. The minimum absolute atomic E-state index is 0.147. The van der Waals surface area contributed by atoms with Crippen molar-refractivity contribution in [3.8, 4) is 23.3 Å². The largest absolute Gasteiger partial charge is 0.493 e. The summed E-state index contributed by atoms with van der Waals surface area (Å²) in [4.78, 5) is 15.7. The summed E-state index contributed by atoms with van der Waals surface area (Å²) in [6, 6.07) is 3.10. The molecule has 0 spiro atoms. The Morgan fingerprint density at radius 2 is 1.89 bits per heavy atom. The Morgan fingerprint density at radius 1 is 1.21 bits per heavy atom. The average molecular weight is 262 g/mol. The first-order chi connectivity index (χ1) is 9.15. The minimum Gasteiger partial charge on any atom is -0.493 e. The molecule has 0 atom stereocenters. The van der Waals surface area contributed by atoms with E-state index in [4.69, 9.17) is 23.9 Å². The maximum Gasteiger partial charge on any atom is 0.347 e. The zero-order valence-electron chi connectivity index (χ0n) is 10.5. The molecule has 0 bridgehead atoms. The van der Waals surface area contributed by atoms with Crippen LogP contribution in [0.5, 0.6) is 17.2 Å². The standard InChI is InChI=1S/C12H10N2O5/c1-16-7-4-6-9(11(18-3)10(7)17-2)14-8(5-13)19-12(6)15/h4H,1-3H3. The van der Waals surface area contributed by atoms with Gasteiger partial charge in [-0.25, -0.2) is 4.79 Å². The van der Waals surface area contributed by atoms with Crippen molar-refractivity contribution in [3.05, 3.63) is 22.4 Å². The van der Waals surface area contributed by atoms with E-state index in [0.29, 0.717) is 11.5 Å². The van der Waals surface area contributed by atoms with Crippen LogP contribution in [0.3, 0.4) is 0 Å². The van der Waals surface area contributed by atoms with Gasteiger partial charge in [-0.2, -0.15) is 10.2 Å². The molecule has 19 heavy (non-hydrogen) atoms. The van der Waals surface area contributed by atoms with E-state index in [2.05, 4.69) is 4.98 Å². The number of aromatic nitrogens is 1. The van der Waals surface area contributed by atoms with Gasteiger partial charge in [0.1, 0.15) is 5.52 Å². The van der Waals surface area contributed by atoms with Crippen LogP contribution in [0.25, 0.3) is 10.9 Å². The van der Waals surface area contributed by atoms with Crippen molar-refractivity contribution in [3.63, 3.8) is 0 Å². The summed E-state index contributed by atoms with van der Waals surface area (Å²) in [5.74, 6) is 0.467. The van der Waals surface area contributed by atoms with Crippen LogP contribution in [0.15, 0.2) is 15.3 Å². The van der Waals surface area contributed by atoms with E-state index in [0.717, 1.165) is 0 Å². The first kappa shape index (κ1) is 12.7. The number of ether oxygens (including phenoxy) is 3. The van der Waals surface area contributed by atoms with Crippen molar-refractivity contribution in [2.75, 3.05) is 21.3 Å². The van der Waals surface area contributed by atoms with Gasteiger partial charge in [-0.15, -0.1) is 0 Å². The third-order valence-electron chi connectivity index (χ3n) is 2.52. The minimum atomic E-state index is -0.694. The van der Waals surface area contributed by atoms with Gasteiger partial charge in [-0.05, 0) is 0 Å². The Labute approximate surface area is 107 Å². The molecule has 0 aliphatic carbocycles. The number of methoxy groups -OCH3 is 3. The smallest absolute Gasteiger partial charge is 0.347 e. The van der Waals surface area contributed by atoms with E-state index in [1.54, 1.807) is 6.07 Å². The summed E-state index contributed by atoms with van der Waals surface area (Å²) >= 11 is 0. The van der Waals surface area contributed by atoms with Crippen LogP contribution in [-0.2, 0) is 0 Å². The highest BCUT2D eigenvalue weighted by Crippen LogP contribution is 2.41. The van der Waals surface area contributed by atoms with E-state index < -0.39 is 5.63 Å². The Hall–Kier alpha value is -2.75. The van der Waals surface area contributed by atoms with Crippen LogP contribution in [-0.4, -0.2) is 26.3 Å². The van der Waals surface area contributed by atoms with E-state index in [-0.39, 0.29) is 22.5 Å². The van der Waals surface area contributed by atoms with Gasteiger partial charge in [0, 0.05) is 6.07 Å². The second-order valence-corrected chi connectivity index (χ2v) is 3.46. The molecule has 1 aromatic carbocycles. The highest BCUT2D eigenvalue weighted by molar-refractivity contribution is 5.89. The zero-order valence-corrected chi connectivity index (χ0v) is 10.5. The Kier molecular flexibility index (Phi) is 3.25. The highest BCUT2D eigenvalue weighted by atomic mass is 16.5. The van der Waals surface area contributed by atoms with Crippen molar-refractivity contribution < 1.29 is 18.6 Å². The van der Waals surface area contributed by atoms with Gasteiger partial charge in [0.25, 0.3) is 0 Å². The number of benzene rings is 1. The number of nitrogens with zero attached hydrogens (tertiary/aromatic N) is 2. The first-order valence-electron chi connectivity index (χ1n) is 5.20. The molecule has 2 rings (SSSR count). The van der Waals surface area contributed by atoms with Gasteiger partial charge in [-0.1, -0.05) is 0 Å². The van der Waals surface area contributed by atoms with Crippen LogP contribution in [0.1, 0.15) is 5.89 Å². The molecule has 0 unspecified atom stereocenters. The lowest BCUT2D eigenvalue weighted by Gasteiger charge is -2.13. The van der Waals surface area contributed by atoms with Gasteiger partial charge in [0.05, 0.1) is 26.7 Å². The Morgan fingerprint density at radius 3 is 2.42 bits per heavy atom. The lowest BCUT2D eigenvalue weighted by molar-refractivity contribution is 0.326. The SMILES string of the molecule is COc1cc2c(=O)oc(C#N)nc2c(OC)c1OC. The fourth-order valence-electron chi connectivity index (χ4n) is 1.72. The van der Waals surface area contributed by atoms with E-state index >= 15 is 0 Å². The Balaban J connectivity index is 2.98. The molecule has 0 aliphatic rings. The lowest BCUT2D eigenvalue weighted by Crippen LogP contribution is -2.06. The molecule has 1 aromatic heterocycles. The molecular weight excluding hydrogens is 252 g/mol. The predicted molar refractivity (Wildman–Crippen MR) is 64.7 cm³/mol. The number of nitriles is 1. The van der Waals surface area contributed by atoms with E-state index in [1.165, 1.54) is 27.4 Å². The molecule has 0 saturated carbocycles. The van der Waals surface area contributed by atoms with Crippen molar-refractivity contribution in [2.24, 2.45) is 0 Å². The molecule has 98 valence electrons. The third-order valence-corrected chi connectivity index (χ3v) is 2.52. The molecule has 0 saturated heterocycles. The van der Waals surface area contributed by atoms with Crippen molar-refractivity contribution in [1.82, 2.24) is 4.98 Å². The van der Waals surface area contributed by atoms with Crippen molar-refractivity contribution in [1.29, 1.82) is 5.26 Å². The second-order valence-electron chi connectivity index (χ2n) is 3.46. The van der Waals surface area contributed by atoms with Crippen LogP contribution >= 0.6 is 0 Å². The zero-order chi connectivity index (χ0) is 14.0. The molecule has 0 fully saturated rings. The van der Waals surface area contributed by atoms with Crippen molar-refractivity contribution in [2.45, 2.75) is 0 Å². The fraction of sp³-hybridized carbons (Fsp3) is 0.250. The molecule has 0 radical (unpaired) electrons. The summed E-state index contributed by atoms with van der Waals surface area (Å²) in [6.45, 7) is 0. The lowest BCUT2D eigenvalue weighted by atomic mass is 10.2. The first-order valence-corrected chi connectivity index (χ1v) is 5.20. The second kappa shape index (κ2) is 4.86. The molecule has 1 heterocycles. The summed E-state index contributed by atoms with van der Waals surface area (Å²) < 4.78 is 20.2. The molecule has 7 heteroatoms. The third kappa shape index (κ3) is 1.93. The maximum absolute atomic E-state index is 11.8. The monoisotopic (exact) mass is 262 g/mol. The predicted octanol–water partition coefficient (Wildman–Crippen LogP) is 1.09. The van der Waals surface area contributed by atoms with Crippen LogP contribution in [0.2, 0.25) is 0 Å². The molecule has 2 aromatic rings. The van der Waals surface area contributed by atoms with Gasteiger partial charge in [-0.3, -0.25) is 0 Å². The molecule has 0 N–H and O–H groups in total. The normalized spacial score (nSPS) is 10.0. The van der Waals surface area contributed by atoms with Gasteiger partial charge >= 0.3 is 11.5 Å². The average Bonchev–Trinajstić information content (AvgIpc) is 2.44. The summed E-state index contributed by atoms with van der Waals surface area (Å²) in [6.07, 6.45) is 0. The maximum atomic E-state index is 11.8. The fourth-order valence-corrected chi connectivity index (χ4v) is 1.72. The topological polar surface area (TPSA) is 94.6 Å². The quantitative estimate of drug-likeness (QED) is 0.816. The number of fused-ring (bicyclic) bond motifs is 1. The molecule has 0 amide bonds. The highest BCUT2D eigenvalue weighted by Gasteiger charge is 2.20. The van der Waals surface area contributed by atoms with Gasteiger partial charge < -0.3 is 18.6 Å². The molecular formula is C12H10N2O5. The molecule has 7 nitrogen and oxygen atoms in total. The molecule has 0 aliphatic heterocycles. The van der Waals surface area contributed by atoms with E-state index in [1.807, 2.05) is 0 Å². The number of rotatable bonds is 3. The number of hydrogen-bond acceptors (Lipinski definition) is 7. The van der Waals surface area contributed by atoms with Crippen LogP contribution < -0.4 is 19.8 Å². The van der Waals surface area contributed by atoms with Crippen LogP contribution in [0, 0.1) is 11.3 Å². The Bertz CT molecular complexity index is 729. The number of hydrogen-bond donors (Lipinski definition) is 0. The van der Waals surface area contributed by atoms with Gasteiger partial charge in [0.15, 0.2) is 17.6 Å².